The Balaban J connectivity index is 2.35. The molecule has 0 heterocycles. The lowest BCUT2D eigenvalue weighted by Crippen LogP contribution is -2.51. The number of hydrogen-bond donors (Lipinski definition) is 1. The van der Waals surface area contributed by atoms with E-state index in [1.165, 1.54) is 11.0 Å². The van der Waals surface area contributed by atoms with Crippen molar-refractivity contribution < 1.29 is 22.4 Å². The van der Waals surface area contributed by atoms with Gasteiger partial charge in [-0.05, 0) is 49.2 Å². The zero-order chi connectivity index (χ0) is 25.5. The van der Waals surface area contributed by atoms with Gasteiger partial charge in [0.05, 0.1) is 17.0 Å². The molecule has 0 aliphatic carbocycles. The standard InChI is InChI=1S/C23H28BrClFN3O4S/c1-4-5-12-27-23(31)16(2)28(14-17-6-8-18(24)9-7-17)22(30)15-29(34(3,32)33)19-10-11-21(26)20(25)13-19/h6-11,13,16H,4-5,12,14-15H2,1-3H3,(H,27,31). The molecule has 0 aliphatic rings. The molecule has 1 atom stereocenters. The predicted octanol–water partition coefficient (Wildman–Crippen LogP) is 4.34. The fourth-order valence-corrected chi connectivity index (χ4v) is 4.44. The van der Waals surface area contributed by atoms with Crippen molar-refractivity contribution in [3.05, 3.63) is 63.3 Å². The minimum Gasteiger partial charge on any atom is -0.354 e. The van der Waals surface area contributed by atoms with E-state index in [0.717, 1.165) is 45.6 Å². The summed E-state index contributed by atoms with van der Waals surface area (Å²) in [6, 6.07) is 9.79. The molecule has 0 aromatic heterocycles. The summed E-state index contributed by atoms with van der Waals surface area (Å²) in [5.74, 6) is -1.64. The Morgan fingerprint density at radius 2 is 1.82 bits per heavy atom. The van der Waals surface area contributed by atoms with Crippen LogP contribution in [-0.2, 0) is 26.2 Å². The van der Waals surface area contributed by atoms with Crippen LogP contribution in [0.1, 0.15) is 32.3 Å². The average molecular weight is 577 g/mol. The van der Waals surface area contributed by atoms with E-state index in [0.29, 0.717) is 6.54 Å². The number of nitrogens with zero attached hydrogens (tertiary/aromatic N) is 2. The summed E-state index contributed by atoms with van der Waals surface area (Å²) in [6.45, 7) is 3.59. The SMILES string of the molecule is CCCCNC(=O)C(C)N(Cc1ccc(Br)cc1)C(=O)CN(c1ccc(F)c(Cl)c1)S(C)(=O)=O. The van der Waals surface area contributed by atoms with Crippen LogP contribution >= 0.6 is 27.5 Å². The summed E-state index contributed by atoms with van der Waals surface area (Å²) in [5, 5.41) is 2.54. The monoisotopic (exact) mass is 575 g/mol. The van der Waals surface area contributed by atoms with E-state index in [1.807, 2.05) is 19.1 Å². The van der Waals surface area contributed by atoms with Gasteiger partial charge >= 0.3 is 0 Å². The zero-order valence-electron chi connectivity index (χ0n) is 19.2. The maximum atomic E-state index is 13.6. The number of rotatable bonds is 11. The van der Waals surface area contributed by atoms with Crippen LogP contribution < -0.4 is 9.62 Å². The van der Waals surface area contributed by atoms with Crippen molar-refractivity contribution in [2.45, 2.75) is 39.3 Å². The summed E-state index contributed by atoms with van der Waals surface area (Å²) in [4.78, 5) is 27.5. The smallest absolute Gasteiger partial charge is 0.244 e. The zero-order valence-corrected chi connectivity index (χ0v) is 22.4. The summed E-state index contributed by atoms with van der Waals surface area (Å²) < 4.78 is 40.3. The highest BCUT2D eigenvalue weighted by Crippen LogP contribution is 2.25. The van der Waals surface area contributed by atoms with Gasteiger partial charge in [-0.1, -0.05) is 53.0 Å². The third-order valence-corrected chi connectivity index (χ3v) is 7.09. The van der Waals surface area contributed by atoms with E-state index >= 15 is 0 Å². The fraction of sp³-hybridized carbons (Fsp3) is 0.391. The van der Waals surface area contributed by atoms with Crippen LogP contribution in [0.2, 0.25) is 5.02 Å². The summed E-state index contributed by atoms with van der Waals surface area (Å²) in [7, 11) is -3.92. The van der Waals surface area contributed by atoms with Crippen molar-refractivity contribution in [1.29, 1.82) is 0 Å². The van der Waals surface area contributed by atoms with E-state index in [2.05, 4.69) is 21.2 Å². The fourth-order valence-electron chi connectivity index (χ4n) is 3.16. The van der Waals surface area contributed by atoms with Gasteiger partial charge in [-0.3, -0.25) is 13.9 Å². The number of sulfonamides is 1. The van der Waals surface area contributed by atoms with Crippen LogP contribution in [0.5, 0.6) is 0 Å². The lowest BCUT2D eigenvalue weighted by Gasteiger charge is -2.31. The van der Waals surface area contributed by atoms with Gasteiger partial charge in [-0.25, -0.2) is 12.8 Å². The molecular formula is C23H28BrClFN3O4S. The number of unbranched alkanes of at least 4 members (excludes halogenated alkanes) is 1. The van der Waals surface area contributed by atoms with Gasteiger partial charge < -0.3 is 10.2 Å². The highest BCUT2D eigenvalue weighted by Gasteiger charge is 2.30. The minimum atomic E-state index is -3.92. The first-order valence-corrected chi connectivity index (χ1v) is 13.7. The summed E-state index contributed by atoms with van der Waals surface area (Å²) >= 11 is 9.19. The van der Waals surface area contributed by atoms with Gasteiger partial charge in [-0.15, -0.1) is 0 Å². The van der Waals surface area contributed by atoms with Gasteiger partial charge in [0.15, 0.2) is 0 Å². The second-order valence-corrected chi connectivity index (χ2v) is 11.1. The van der Waals surface area contributed by atoms with Gasteiger partial charge in [0, 0.05) is 17.6 Å². The number of nitrogens with one attached hydrogen (secondary N) is 1. The second kappa shape index (κ2) is 12.5. The first-order chi connectivity index (χ1) is 15.9. The van der Waals surface area contributed by atoms with Gasteiger partial charge in [-0.2, -0.15) is 0 Å². The van der Waals surface area contributed by atoms with E-state index in [9.17, 15) is 22.4 Å². The van der Waals surface area contributed by atoms with E-state index in [-0.39, 0.29) is 23.2 Å². The molecule has 0 aliphatic heterocycles. The molecule has 186 valence electrons. The van der Waals surface area contributed by atoms with Gasteiger partial charge in [0.2, 0.25) is 21.8 Å². The first kappa shape index (κ1) is 28.1. The minimum absolute atomic E-state index is 0.0471. The molecule has 0 radical (unpaired) electrons. The molecule has 2 aromatic carbocycles. The van der Waals surface area contributed by atoms with Crippen molar-refractivity contribution >= 4 is 55.1 Å². The van der Waals surface area contributed by atoms with Gasteiger partial charge in [0.25, 0.3) is 0 Å². The van der Waals surface area contributed by atoms with Crippen molar-refractivity contribution in [2.75, 3.05) is 23.7 Å². The van der Waals surface area contributed by atoms with Crippen LogP contribution in [0.4, 0.5) is 10.1 Å². The Morgan fingerprint density at radius 3 is 2.38 bits per heavy atom. The third-order valence-electron chi connectivity index (χ3n) is 5.13. The molecule has 7 nitrogen and oxygen atoms in total. The van der Waals surface area contributed by atoms with Gasteiger partial charge in [0.1, 0.15) is 18.4 Å². The van der Waals surface area contributed by atoms with Crippen LogP contribution in [0.15, 0.2) is 46.9 Å². The van der Waals surface area contributed by atoms with E-state index in [1.54, 1.807) is 19.1 Å². The number of carbonyl (C=O) groups excluding carboxylic acids is 2. The lowest BCUT2D eigenvalue weighted by molar-refractivity contribution is -0.139. The van der Waals surface area contributed by atoms with Crippen LogP contribution in [0.25, 0.3) is 0 Å². The molecule has 2 amide bonds. The Bertz CT molecular complexity index is 1120. The largest absolute Gasteiger partial charge is 0.354 e. The van der Waals surface area contributed by atoms with Crippen LogP contribution in [0, 0.1) is 5.82 Å². The maximum absolute atomic E-state index is 13.6. The Kier molecular flexibility index (Phi) is 10.3. The molecule has 0 spiro atoms. The lowest BCUT2D eigenvalue weighted by atomic mass is 10.1. The first-order valence-electron chi connectivity index (χ1n) is 10.7. The van der Waals surface area contributed by atoms with Crippen molar-refractivity contribution in [2.24, 2.45) is 0 Å². The van der Waals surface area contributed by atoms with Crippen LogP contribution in [-0.4, -0.2) is 50.5 Å². The number of anilines is 1. The third kappa shape index (κ3) is 7.95. The molecular weight excluding hydrogens is 549 g/mol. The molecule has 0 fully saturated rings. The number of benzene rings is 2. The highest BCUT2D eigenvalue weighted by molar-refractivity contribution is 9.10. The second-order valence-electron chi connectivity index (χ2n) is 7.84. The molecule has 0 saturated carbocycles. The number of amides is 2. The predicted molar refractivity (Wildman–Crippen MR) is 136 cm³/mol. The quantitative estimate of drug-likeness (QED) is 0.403. The summed E-state index contributed by atoms with van der Waals surface area (Å²) in [5.41, 5.74) is 0.811. The molecule has 34 heavy (non-hydrogen) atoms. The molecule has 0 bridgehead atoms. The highest BCUT2D eigenvalue weighted by atomic mass is 79.9. The Labute approximate surface area is 213 Å². The normalized spacial score (nSPS) is 12.2. The molecule has 2 rings (SSSR count). The molecule has 1 unspecified atom stereocenters. The summed E-state index contributed by atoms with van der Waals surface area (Å²) in [6.07, 6.45) is 2.64. The topological polar surface area (TPSA) is 86.8 Å². The van der Waals surface area contributed by atoms with E-state index < -0.39 is 34.3 Å². The number of carbonyl (C=O) groups is 2. The Hall–Kier alpha value is -2.17. The molecule has 2 aromatic rings. The van der Waals surface area contributed by atoms with Crippen molar-refractivity contribution in [3.63, 3.8) is 0 Å². The van der Waals surface area contributed by atoms with Crippen molar-refractivity contribution in [1.82, 2.24) is 10.2 Å². The number of halogens is 3. The van der Waals surface area contributed by atoms with Crippen molar-refractivity contribution in [3.8, 4) is 0 Å². The van der Waals surface area contributed by atoms with Crippen LogP contribution in [0.3, 0.4) is 0 Å². The molecule has 1 N–H and O–H groups in total. The number of hydrogen-bond acceptors (Lipinski definition) is 4. The molecule has 0 saturated heterocycles. The van der Waals surface area contributed by atoms with E-state index in [4.69, 9.17) is 11.6 Å². The molecule has 11 heteroatoms. The maximum Gasteiger partial charge on any atom is 0.244 e. The average Bonchev–Trinajstić information content (AvgIpc) is 2.77. The Morgan fingerprint density at radius 1 is 1.18 bits per heavy atom.